The highest BCUT2D eigenvalue weighted by atomic mass is 32.2. The van der Waals surface area contributed by atoms with Gasteiger partial charge in [0.15, 0.2) is 0 Å². The molecule has 6 heteroatoms. The average molecular weight is 298 g/mol. The Labute approximate surface area is 121 Å². The minimum atomic E-state index is -3.42. The van der Waals surface area contributed by atoms with Crippen LogP contribution in [-0.2, 0) is 10.0 Å². The zero-order valence-electron chi connectivity index (χ0n) is 12.0. The van der Waals surface area contributed by atoms with Gasteiger partial charge in [-0.3, -0.25) is 0 Å². The number of piperidine rings is 1. The van der Waals surface area contributed by atoms with E-state index in [9.17, 15) is 8.42 Å². The van der Waals surface area contributed by atoms with Crippen molar-refractivity contribution in [2.75, 3.05) is 26.7 Å². The van der Waals surface area contributed by atoms with Gasteiger partial charge in [0.05, 0.1) is 11.5 Å². The second-order valence-electron chi connectivity index (χ2n) is 4.91. The average Bonchev–Trinajstić information content (AvgIpc) is 2.48. The topological polar surface area (TPSA) is 58.6 Å². The first-order valence-corrected chi connectivity index (χ1v) is 8.41. The van der Waals surface area contributed by atoms with Crippen LogP contribution >= 0.6 is 0 Å². The molecule has 0 bridgehead atoms. The lowest BCUT2D eigenvalue weighted by atomic mass is 10.1. The molecule has 112 valence electrons. The van der Waals surface area contributed by atoms with Crippen molar-refractivity contribution in [1.82, 2.24) is 9.62 Å². The van der Waals surface area contributed by atoms with Crippen molar-refractivity contribution in [3.8, 4) is 5.75 Å². The van der Waals surface area contributed by atoms with Crippen LogP contribution in [0.15, 0.2) is 29.2 Å². The molecular weight excluding hydrogens is 276 g/mol. The Morgan fingerprint density at radius 2 is 1.85 bits per heavy atom. The van der Waals surface area contributed by atoms with E-state index in [1.165, 1.54) is 4.31 Å². The summed E-state index contributed by atoms with van der Waals surface area (Å²) in [6.45, 7) is 4.21. The van der Waals surface area contributed by atoms with E-state index in [2.05, 4.69) is 5.32 Å². The summed E-state index contributed by atoms with van der Waals surface area (Å²) in [5.74, 6) is 0.691. The van der Waals surface area contributed by atoms with E-state index >= 15 is 0 Å². The summed E-state index contributed by atoms with van der Waals surface area (Å²) in [5, 5.41) is 3.24. The number of rotatable bonds is 5. The molecule has 0 saturated carbocycles. The second kappa shape index (κ2) is 6.56. The summed E-state index contributed by atoms with van der Waals surface area (Å²) < 4.78 is 32.0. The third kappa shape index (κ3) is 3.31. The summed E-state index contributed by atoms with van der Waals surface area (Å²) in [5.41, 5.74) is 0. The van der Waals surface area contributed by atoms with E-state index in [0.29, 0.717) is 17.3 Å². The van der Waals surface area contributed by atoms with Crippen molar-refractivity contribution in [1.29, 1.82) is 0 Å². The number of benzene rings is 1. The van der Waals surface area contributed by atoms with E-state index in [1.54, 1.807) is 31.3 Å². The molecule has 1 fully saturated rings. The van der Waals surface area contributed by atoms with Crippen molar-refractivity contribution >= 4 is 10.0 Å². The highest BCUT2D eigenvalue weighted by Crippen LogP contribution is 2.22. The number of hydrogen-bond donors (Lipinski definition) is 1. The summed E-state index contributed by atoms with van der Waals surface area (Å²) >= 11 is 0. The van der Waals surface area contributed by atoms with Gasteiger partial charge in [0, 0.05) is 13.1 Å². The smallest absolute Gasteiger partial charge is 0.243 e. The predicted molar refractivity (Wildman–Crippen MR) is 78.5 cm³/mol. The highest BCUT2D eigenvalue weighted by Gasteiger charge is 2.28. The maximum absolute atomic E-state index is 12.6. The number of nitrogens with one attached hydrogen (secondary N) is 1. The van der Waals surface area contributed by atoms with Crippen molar-refractivity contribution < 1.29 is 13.2 Å². The number of sulfonamides is 1. The summed E-state index contributed by atoms with van der Waals surface area (Å²) in [7, 11) is -1.75. The van der Waals surface area contributed by atoms with Crippen molar-refractivity contribution in [3.63, 3.8) is 0 Å². The normalized spacial score (nSPS) is 17.4. The fourth-order valence-corrected chi connectivity index (χ4v) is 3.82. The fourth-order valence-electron chi connectivity index (χ4n) is 2.41. The number of nitrogens with zero attached hydrogens (tertiary/aromatic N) is 1. The van der Waals surface area contributed by atoms with Crippen LogP contribution in [0.4, 0.5) is 0 Å². The van der Waals surface area contributed by atoms with Gasteiger partial charge in [0.2, 0.25) is 10.0 Å². The Morgan fingerprint density at radius 1 is 1.25 bits per heavy atom. The molecule has 0 unspecified atom stereocenters. The van der Waals surface area contributed by atoms with Gasteiger partial charge in [-0.15, -0.1) is 0 Å². The molecule has 1 heterocycles. The van der Waals surface area contributed by atoms with Crippen LogP contribution in [0.3, 0.4) is 0 Å². The van der Waals surface area contributed by atoms with Gasteiger partial charge in [0.25, 0.3) is 0 Å². The molecule has 0 spiro atoms. The molecule has 1 aromatic carbocycles. The number of hydrogen-bond acceptors (Lipinski definition) is 4. The molecular formula is C14H22N2O3S. The quantitative estimate of drug-likeness (QED) is 0.894. The van der Waals surface area contributed by atoms with E-state index in [1.807, 2.05) is 6.92 Å². The van der Waals surface area contributed by atoms with E-state index < -0.39 is 10.0 Å². The minimum Gasteiger partial charge on any atom is -0.494 e. The summed E-state index contributed by atoms with van der Waals surface area (Å²) in [6.07, 6.45) is 1.71. The van der Waals surface area contributed by atoms with Gasteiger partial charge in [-0.1, -0.05) is 0 Å². The van der Waals surface area contributed by atoms with Crippen molar-refractivity contribution in [3.05, 3.63) is 24.3 Å². The Kier molecular flexibility index (Phi) is 5.01. The Hall–Kier alpha value is -1.11. The lowest BCUT2D eigenvalue weighted by Crippen LogP contribution is -2.43. The molecule has 1 aliphatic rings. The molecule has 2 rings (SSSR count). The maximum atomic E-state index is 12.6. The van der Waals surface area contributed by atoms with Crippen LogP contribution < -0.4 is 10.1 Å². The van der Waals surface area contributed by atoms with Gasteiger partial charge in [-0.25, -0.2) is 8.42 Å². The Bertz CT molecular complexity index is 522. The van der Waals surface area contributed by atoms with E-state index in [4.69, 9.17) is 4.74 Å². The van der Waals surface area contributed by atoms with Crippen LogP contribution in [0.25, 0.3) is 0 Å². The zero-order chi connectivity index (χ0) is 14.6. The lowest BCUT2D eigenvalue weighted by molar-refractivity contribution is 0.296. The van der Waals surface area contributed by atoms with E-state index in [0.717, 1.165) is 25.9 Å². The molecule has 1 aliphatic heterocycles. The molecule has 1 saturated heterocycles. The summed E-state index contributed by atoms with van der Waals surface area (Å²) in [6, 6.07) is 6.70. The molecule has 1 N–H and O–H groups in total. The lowest BCUT2D eigenvalue weighted by Gasteiger charge is -2.30. The first kappa shape index (κ1) is 15.3. The molecule has 20 heavy (non-hydrogen) atoms. The van der Waals surface area contributed by atoms with Crippen molar-refractivity contribution in [2.45, 2.75) is 30.7 Å². The third-order valence-electron chi connectivity index (χ3n) is 3.63. The van der Waals surface area contributed by atoms with Gasteiger partial charge < -0.3 is 10.1 Å². The first-order valence-electron chi connectivity index (χ1n) is 6.97. The van der Waals surface area contributed by atoms with Crippen LogP contribution in [-0.4, -0.2) is 45.5 Å². The zero-order valence-corrected chi connectivity index (χ0v) is 12.8. The Morgan fingerprint density at radius 3 is 2.40 bits per heavy atom. The maximum Gasteiger partial charge on any atom is 0.243 e. The molecule has 0 atom stereocenters. The van der Waals surface area contributed by atoms with Crippen LogP contribution in [0.5, 0.6) is 5.75 Å². The fraction of sp³-hybridized carbons (Fsp3) is 0.571. The van der Waals surface area contributed by atoms with Crippen molar-refractivity contribution in [2.24, 2.45) is 0 Å². The summed E-state index contributed by atoms with van der Waals surface area (Å²) in [4.78, 5) is 0.321. The van der Waals surface area contributed by atoms with Crippen LogP contribution in [0, 0.1) is 0 Å². The van der Waals surface area contributed by atoms with Crippen LogP contribution in [0.2, 0.25) is 0 Å². The molecule has 0 aromatic heterocycles. The molecule has 5 nitrogen and oxygen atoms in total. The monoisotopic (exact) mass is 298 g/mol. The molecule has 0 radical (unpaired) electrons. The Balaban J connectivity index is 2.15. The van der Waals surface area contributed by atoms with Gasteiger partial charge in [-0.05, 0) is 57.1 Å². The predicted octanol–water partition coefficient (Wildman–Crippen LogP) is 1.46. The molecule has 1 aromatic rings. The standard InChI is InChI=1S/C14H22N2O3S/c1-3-19-13-4-6-14(7-5-13)20(17,18)16(2)12-8-10-15-11-9-12/h4-7,12,15H,3,8-11H2,1-2H3. The van der Waals surface area contributed by atoms with E-state index in [-0.39, 0.29) is 6.04 Å². The molecule has 0 amide bonds. The van der Waals surface area contributed by atoms with Gasteiger partial charge in [0.1, 0.15) is 5.75 Å². The van der Waals surface area contributed by atoms with Crippen LogP contribution in [0.1, 0.15) is 19.8 Å². The third-order valence-corrected chi connectivity index (χ3v) is 5.56. The SMILES string of the molecule is CCOc1ccc(S(=O)(=O)N(C)C2CCNCC2)cc1. The second-order valence-corrected chi connectivity index (χ2v) is 6.90. The first-order chi connectivity index (χ1) is 9.55. The highest BCUT2D eigenvalue weighted by molar-refractivity contribution is 7.89. The molecule has 0 aliphatic carbocycles. The van der Waals surface area contributed by atoms with Gasteiger partial charge >= 0.3 is 0 Å². The largest absolute Gasteiger partial charge is 0.494 e. The van der Waals surface area contributed by atoms with Gasteiger partial charge in [-0.2, -0.15) is 4.31 Å². The minimum absolute atomic E-state index is 0.0767. The number of ether oxygens (including phenoxy) is 1.